The van der Waals surface area contributed by atoms with Gasteiger partial charge < -0.3 is 9.84 Å². The minimum Gasteiger partial charge on any atom is -0.396 e. The van der Waals surface area contributed by atoms with Crippen LogP contribution in [-0.2, 0) is 21.0 Å². The molecular weight excluding hydrogens is 312 g/mol. The number of benzene rings is 2. The van der Waals surface area contributed by atoms with Gasteiger partial charge in [-0.2, -0.15) is 0 Å². The van der Waals surface area contributed by atoms with Crippen LogP contribution in [0.15, 0.2) is 53.4 Å². The molecule has 0 spiro atoms. The fraction of sp³-hybridized carbons (Fsp3) is 0.333. The highest BCUT2D eigenvalue weighted by Crippen LogP contribution is 2.22. The molecule has 2 rings (SSSR count). The SMILES string of the molecule is COCCCS(=O)(=O)c1ccc(-c2ccc(CCO)cc2)cc1. The standard InChI is InChI=1S/C18H22O4S/c1-22-13-2-14-23(20,21)18-9-7-17(8-10-18)16-5-3-15(4-6-16)11-12-19/h3-10,19H,2,11-14H2,1H3. The smallest absolute Gasteiger partial charge is 0.178 e. The van der Waals surface area contributed by atoms with Crippen molar-refractivity contribution in [3.8, 4) is 11.1 Å². The highest BCUT2D eigenvalue weighted by molar-refractivity contribution is 7.91. The van der Waals surface area contributed by atoms with Crippen molar-refractivity contribution in [2.24, 2.45) is 0 Å². The third kappa shape index (κ3) is 4.89. The summed E-state index contributed by atoms with van der Waals surface area (Å²) >= 11 is 0. The van der Waals surface area contributed by atoms with Gasteiger partial charge in [-0.3, -0.25) is 0 Å². The van der Waals surface area contributed by atoms with Crippen LogP contribution < -0.4 is 0 Å². The minimum atomic E-state index is -3.25. The molecule has 0 fully saturated rings. The fourth-order valence-electron chi connectivity index (χ4n) is 2.36. The Morgan fingerprint density at radius 3 is 2.04 bits per heavy atom. The van der Waals surface area contributed by atoms with Crippen LogP contribution in [0, 0.1) is 0 Å². The average molecular weight is 334 g/mol. The van der Waals surface area contributed by atoms with E-state index in [1.807, 2.05) is 36.4 Å². The van der Waals surface area contributed by atoms with Crippen LogP contribution in [0.2, 0.25) is 0 Å². The molecule has 2 aromatic rings. The Labute approximate surface area is 137 Å². The second kappa shape index (κ2) is 8.24. The van der Waals surface area contributed by atoms with Crippen molar-refractivity contribution in [2.75, 3.05) is 26.1 Å². The van der Waals surface area contributed by atoms with Crippen LogP contribution in [0.3, 0.4) is 0 Å². The van der Waals surface area contributed by atoms with Crippen LogP contribution in [0.5, 0.6) is 0 Å². The monoisotopic (exact) mass is 334 g/mol. The summed E-state index contributed by atoms with van der Waals surface area (Å²) < 4.78 is 29.3. The minimum absolute atomic E-state index is 0.0933. The molecule has 23 heavy (non-hydrogen) atoms. The van der Waals surface area contributed by atoms with E-state index in [0.29, 0.717) is 24.3 Å². The largest absolute Gasteiger partial charge is 0.396 e. The summed E-state index contributed by atoms with van der Waals surface area (Å²) in [5, 5.41) is 8.93. The van der Waals surface area contributed by atoms with E-state index in [-0.39, 0.29) is 12.4 Å². The van der Waals surface area contributed by atoms with Gasteiger partial charge >= 0.3 is 0 Å². The van der Waals surface area contributed by atoms with Crippen molar-refractivity contribution in [1.82, 2.24) is 0 Å². The molecule has 2 aromatic carbocycles. The Bertz CT molecular complexity index is 704. The first-order chi connectivity index (χ1) is 11.1. The summed E-state index contributed by atoms with van der Waals surface area (Å²) in [6.07, 6.45) is 1.13. The molecule has 0 saturated carbocycles. The highest BCUT2D eigenvalue weighted by atomic mass is 32.2. The van der Waals surface area contributed by atoms with E-state index in [0.717, 1.165) is 16.7 Å². The average Bonchev–Trinajstić information content (AvgIpc) is 2.56. The molecule has 0 atom stereocenters. The molecule has 0 bridgehead atoms. The van der Waals surface area contributed by atoms with E-state index in [2.05, 4.69) is 0 Å². The first kappa shape index (κ1) is 17.7. The van der Waals surface area contributed by atoms with E-state index in [4.69, 9.17) is 9.84 Å². The van der Waals surface area contributed by atoms with Crippen LogP contribution in [0.25, 0.3) is 11.1 Å². The van der Waals surface area contributed by atoms with Gasteiger partial charge in [0, 0.05) is 20.3 Å². The third-order valence-electron chi connectivity index (χ3n) is 3.66. The van der Waals surface area contributed by atoms with E-state index >= 15 is 0 Å². The lowest BCUT2D eigenvalue weighted by atomic mass is 10.0. The Balaban J connectivity index is 2.12. The maximum Gasteiger partial charge on any atom is 0.178 e. The number of rotatable bonds is 8. The zero-order chi connectivity index (χ0) is 16.7. The Morgan fingerprint density at radius 1 is 0.957 bits per heavy atom. The second-order valence-electron chi connectivity index (χ2n) is 5.36. The van der Waals surface area contributed by atoms with E-state index in [1.165, 1.54) is 0 Å². The molecule has 0 aliphatic carbocycles. The van der Waals surface area contributed by atoms with Crippen molar-refractivity contribution in [3.63, 3.8) is 0 Å². The van der Waals surface area contributed by atoms with Gasteiger partial charge in [0.2, 0.25) is 0 Å². The predicted octanol–water partition coefficient (Wildman–Crippen LogP) is 2.70. The van der Waals surface area contributed by atoms with Crippen molar-refractivity contribution >= 4 is 9.84 Å². The molecule has 0 aromatic heterocycles. The number of sulfone groups is 1. The third-order valence-corrected chi connectivity index (χ3v) is 5.48. The zero-order valence-electron chi connectivity index (χ0n) is 13.2. The topological polar surface area (TPSA) is 63.6 Å². The van der Waals surface area contributed by atoms with Crippen molar-refractivity contribution in [1.29, 1.82) is 0 Å². The number of hydrogen-bond acceptors (Lipinski definition) is 4. The molecule has 0 radical (unpaired) electrons. The van der Waals surface area contributed by atoms with Gasteiger partial charge in [0.15, 0.2) is 9.84 Å². The maximum atomic E-state index is 12.2. The lowest BCUT2D eigenvalue weighted by molar-refractivity contribution is 0.199. The van der Waals surface area contributed by atoms with Gasteiger partial charge in [-0.15, -0.1) is 0 Å². The number of hydrogen-bond donors (Lipinski definition) is 1. The first-order valence-corrected chi connectivity index (χ1v) is 9.24. The summed E-state index contributed by atoms with van der Waals surface area (Å²) in [7, 11) is -1.69. The van der Waals surface area contributed by atoms with Crippen molar-refractivity contribution in [3.05, 3.63) is 54.1 Å². The lowest BCUT2D eigenvalue weighted by Gasteiger charge is -2.07. The van der Waals surface area contributed by atoms with Gasteiger partial charge in [-0.25, -0.2) is 8.42 Å². The van der Waals surface area contributed by atoms with E-state index in [1.54, 1.807) is 19.2 Å². The molecule has 0 heterocycles. The molecular formula is C18H22O4S. The van der Waals surface area contributed by atoms with Crippen LogP contribution >= 0.6 is 0 Å². The van der Waals surface area contributed by atoms with Gasteiger partial charge in [-0.1, -0.05) is 36.4 Å². The Morgan fingerprint density at radius 2 is 1.52 bits per heavy atom. The summed E-state index contributed by atoms with van der Waals surface area (Å²) in [5.74, 6) is 0.0933. The van der Waals surface area contributed by atoms with E-state index in [9.17, 15) is 8.42 Å². The number of ether oxygens (including phenoxy) is 1. The first-order valence-electron chi connectivity index (χ1n) is 7.59. The molecule has 0 unspecified atom stereocenters. The predicted molar refractivity (Wildman–Crippen MR) is 91.2 cm³/mol. The summed E-state index contributed by atoms with van der Waals surface area (Å²) in [6, 6.07) is 14.9. The number of methoxy groups -OCH3 is 1. The molecule has 4 nitrogen and oxygen atoms in total. The molecule has 1 N–H and O–H groups in total. The summed E-state index contributed by atoms with van der Waals surface area (Å²) in [4.78, 5) is 0.342. The van der Waals surface area contributed by atoms with Gasteiger partial charge in [0.25, 0.3) is 0 Å². The molecule has 5 heteroatoms. The highest BCUT2D eigenvalue weighted by Gasteiger charge is 2.13. The molecule has 0 saturated heterocycles. The number of aliphatic hydroxyl groups excluding tert-OH is 1. The van der Waals surface area contributed by atoms with Gasteiger partial charge in [-0.05, 0) is 41.7 Å². The molecule has 0 aliphatic rings. The van der Waals surface area contributed by atoms with Crippen LogP contribution in [-0.4, -0.2) is 39.6 Å². The summed E-state index contributed by atoms with van der Waals surface area (Å²) in [6.45, 7) is 0.576. The van der Waals surface area contributed by atoms with Gasteiger partial charge in [0.05, 0.1) is 10.6 Å². The van der Waals surface area contributed by atoms with Crippen molar-refractivity contribution < 1.29 is 18.3 Å². The Hall–Kier alpha value is -1.69. The second-order valence-corrected chi connectivity index (χ2v) is 7.47. The van der Waals surface area contributed by atoms with E-state index < -0.39 is 9.84 Å². The summed E-state index contributed by atoms with van der Waals surface area (Å²) in [5.41, 5.74) is 3.07. The molecule has 0 amide bonds. The number of aliphatic hydroxyl groups is 1. The lowest BCUT2D eigenvalue weighted by Crippen LogP contribution is -2.08. The Kier molecular flexibility index (Phi) is 6.33. The van der Waals surface area contributed by atoms with Gasteiger partial charge in [0.1, 0.15) is 0 Å². The van der Waals surface area contributed by atoms with Crippen molar-refractivity contribution in [2.45, 2.75) is 17.7 Å². The molecule has 124 valence electrons. The maximum absolute atomic E-state index is 12.2. The normalized spacial score (nSPS) is 11.6. The quantitative estimate of drug-likeness (QED) is 0.754. The molecule has 0 aliphatic heterocycles. The fourth-order valence-corrected chi connectivity index (χ4v) is 3.64. The zero-order valence-corrected chi connectivity index (χ0v) is 14.1. The van der Waals surface area contributed by atoms with Crippen LogP contribution in [0.1, 0.15) is 12.0 Å². The van der Waals surface area contributed by atoms with Crippen LogP contribution in [0.4, 0.5) is 0 Å².